The minimum atomic E-state index is -0.0324. The van der Waals surface area contributed by atoms with E-state index in [1.54, 1.807) is 4.40 Å². The Morgan fingerprint density at radius 1 is 1.00 bits per heavy atom. The SMILES string of the molecule is Cc1nn(-c2ccccc2)c(C)c1/C=c1\sc2nc3ccccc3n2c1=O. The molecule has 0 saturated heterocycles. The van der Waals surface area contributed by atoms with Gasteiger partial charge in [0.05, 0.1) is 26.9 Å². The molecule has 2 aromatic carbocycles. The van der Waals surface area contributed by atoms with E-state index in [1.807, 2.05) is 79.2 Å². The van der Waals surface area contributed by atoms with Crippen LogP contribution in [-0.2, 0) is 0 Å². The van der Waals surface area contributed by atoms with Crippen LogP contribution in [0, 0.1) is 13.8 Å². The second-order valence-corrected chi connectivity index (χ2v) is 7.48. The highest BCUT2D eigenvalue weighted by Crippen LogP contribution is 2.19. The number of imidazole rings is 1. The van der Waals surface area contributed by atoms with E-state index < -0.39 is 0 Å². The fourth-order valence-corrected chi connectivity index (χ4v) is 4.40. The number of aromatic nitrogens is 4. The molecule has 3 heterocycles. The predicted octanol–water partition coefficient (Wildman–Crippen LogP) is 3.26. The smallest absolute Gasteiger partial charge is 0.267 e. The lowest BCUT2D eigenvalue weighted by atomic mass is 10.2. The van der Waals surface area contributed by atoms with Gasteiger partial charge in [-0.1, -0.05) is 41.7 Å². The van der Waals surface area contributed by atoms with Gasteiger partial charge in [0.25, 0.3) is 5.56 Å². The Bertz CT molecular complexity index is 1410. The van der Waals surface area contributed by atoms with Crippen molar-refractivity contribution < 1.29 is 0 Å². The lowest BCUT2D eigenvalue weighted by Crippen LogP contribution is -2.22. The summed E-state index contributed by atoms with van der Waals surface area (Å²) in [6.07, 6.45) is 1.94. The van der Waals surface area contributed by atoms with Crippen molar-refractivity contribution in [2.45, 2.75) is 13.8 Å². The highest BCUT2D eigenvalue weighted by atomic mass is 32.1. The maximum Gasteiger partial charge on any atom is 0.274 e. The van der Waals surface area contributed by atoms with E-state index in [2.05, 4.69) is 10.1 Å². The van der Waals surface area contributed by atoms with Crippen molar-refractivity contribution in [2.75, 3.05) is 0 Å². The summed E-state index contributed by atoms with van der Waals surface area (Å²) >= 11 is 1.41. The second kappa shape index (κ2) is 5.89. The lowest BCUT2D eigenvalue weighted by Gasteiger charge is -2.03. The van der Waals surface area contributed by atoms with E-state index in [1.165, 1.54) is 11.3 Å². The maximum atomic E-state index is 13.0. The van der Waals surface area contributed by atoms with Crippen LogP contribution < -0.4 is 10.1 Å². The van der Waals surface area contributed by atoms with Gasteiger partial charge in [0.2, 0.25) is 0 Å². The second-order valence-electron chi connectivity index (χ2n) is 6.47. The van der Waals surface area contributed by atoms with Crippen LogP contribution in [0.1, 0.15) is 17.0 Å². The molecule has 0 N–H and O–H groups in total. The van der Waals surface area contributed by atoms with Crippen molar-refractivity contribution in [2.24, 2.45) is 0 Å². The number of rotatable bonds is 2. The molecule has 27 heavy (non-hydrogen) atoms. The van der Waals surface area contributed by atoms with Crippen molar-refractivity contribution in [3.8, 4) is 5.69 Å². The van der Waals surface area contributed by atoms with E-state index in [9.17, 15) is 4.79 Å². The summed E-state index contributed by atoms with van der Waals surface area (Å²) in [6, 6.07) is 17.7. The Morgan fingerprint density at radius 3 is 2.56 bits per heavy atom. The van der Waals surface area contributed by atoms with Crippen LogP contribution in [0.2, 0.25) is 0 Å². The van der Waals surface area contributed by atoms with Crippen molar-refractivity contribution in [3.05, 3.63) is 86.4 Å². The first-order valence-corrected chi connectivity index (χ1v) is 9.48. The summed E-state index contributed by atoms with van der Waals surface area (Å²) in [5.74, 6) is 0. The highest BCUT2D eigenvalue weighted by Gasteiger charge is 2.14. The number of aryl methyl sites for hydroxylation is 1. The Hall–Kier alpha value is -3.25. The molecule has 0 aliphatic heterocycles. The monoisotopic (exact) mass is 372 g/mol. The maximum absolute atomic E-state index is 13.0. The van der Waals surface area contributed by atoms with Crippen molar-refractivity contribution >= 4 is 33.4 Å². The van der Waals surface area contributed by atoms with Crippen LogP contribution in [0.4, 0.5) is 0 Å². The number of hydrogen-bond acceptors (Lipinski definition) is 4. The number of thiazole rings is 1. The van der Waals surface area contributed by atoms with E-state index in [0.29, 0.717) is 4.53 Å². The molecule has 5 rings (SSSR count). The Morgan fingerprint density at radius 2 is 1.74 bits per heavy atom. The van der Waals surface area contributed by atoms with Gasteiger partial charge >= 0.3 is 0 Å². The summed E-state index contributed by atoms with van der Waals surface area (Å²) in [7, 11) is 0. The predicted molar refractivity (Wildman–Crippen MR) is 109 cm³/mol. The molecule has 0 aliphatic carbocycles. The van der Waals surface area contributed by atoms with Gasteiger partial charge < -0.3 is 0 Å². The van der Waals surface area contributed by atoms with Crippen LogP contribution >= 0.6 is 11.3 Å². The van der Waals surface area contributed by atoms with Gasteiger partial charge in [-0.2, -0.15) is 5.10 Å². The third-order valence-electron chi connectivity index (χ3n) is 4.77. The van der Waals surface area contributed by atoms with Gasteiger partial charge in [-0.05, 0) is 44.2 Å². The summed E-state index contributed by atoms with van der Waals surface area (Å²) in [4.78, 5) is 18.3. The summed E-state index contributed by atoms with van der Waals surface area (Å²) in [5, 5.41) is 4.66. The average Bonchev–Trinajstić information content (AvgIpc) is 3.29. The third kappa shape index (κ3) is 2.41. The summed E-state index contributed by atoms with van der Waals surface area (Å²) < 4.78 is 4.28. The number of nitrogens with zero attached hydrogens (tertiary/aromatic N) is 4. The van der Waals surface area contributed by atoms with Crippen molar-refractivity contribution in [1.82, 2.24) is 19.2 Å². The fourth-order valence-electron chi connectivity index (χ4n) is 3.43. The molecule has 0 saturated carbocycles. The minimum absolute atomic E-state index is 0.0324. The van der Waals surface area contributed by atoms with Crippen LogP contribution in [0.15, 0.2) is 59.4 Å². The molecule has 0 bridgehead atoms. The molecule has 132 valence electrons. The molecule has 0 spiro atoms. The number of benzene rings is 2. The Balaban J connectivity index is 1.73. The molecule has 0 radical (unpaired) electrons. The number of hydrogen-bond donors (Lipinski definition) is 0. The molecule has 6 heteroatoms. The summed E-state index contributed by atoms with van der Waals surface area (Å²) in [6.45, 7) is 3.99. The highest BCUT2D eigenvalue weighted by molar-refractivity contribution is 7.15. The first kappa shape index (κ1) is 16.0. The van der Waals surface area contributed by atoms with Gasteiger partial charge in [0.15, 0.2) is 4.96 Å². The van der Waals surface area contributed by atoms with Gasteiger partial charge in [-0.25, -0.2) is 14.1 Å². The molecule has 3 aromatic heterocycles. The minimum Gasteiger partial charge on any atom is -0.267 e. The van der Waals surface area contributed by atoms with Crippen LogP contribution in [0.25, 0.3) is 27.8 Å². The zero-order valence-corrected chi connectivity index (χ0v) is 15.7. The molecule has 5 nitrogen and oxygen atoms in total. The molecule has 5 aromatic rings. The quantitative estimate of drug-likeness (QED) is 0.478. The molecule has 0 aliphatic rings. The van der Waals surface area contributed by atoms with E-state index in [-0.39, 0.29) is 5.56 Å². The lowest BCUT2D eigenvalue weighted by molar-refractivity contribution is 0.833. The number of fused-ring (bicyclic) bond motifs is 3. The first-order chi connectivity index (χ1) is 13.1. The Kier molecular flexibility index (Phi) is 3.48. The average molecular weight is 372 g/mol. The van der Waals surface area contributed by atoms with Crippen LogP contribution in [0.3, 0.4) is 0 Å². The van der Waals surface area contributed by atoms with E-state index in [4.69, 9.17) is 0 Å². The molecule has 0 atom stereocenters. The molecule has 0 unspecified atom stereocenters. The molecule has 0 amide bonds. The van der Waals surface area contributed by atoms with E-state index in [0.717, 1.165) is 38.6 Å². The van der Waals surface area contributed by atoms with Gasteiger partial charge in [-0.15, -0.1) is 0 Å². The zero-order chi connectivity index (χ0) is 18.5. The third-order valence-corrected chi connectivity index (χ3v) is 5.74. The van der Waals surface area contributed by atoms with Gasteiger partial charge in [0, 0.05) is 11.3 Å². The van der Waals surface area contributed by atoms with Crippen LogP contribution in [0.5, 0.6) is 0 Å². The first-order valence-electron chi connectivity index (χ1n) is 8.67. The standard InChI is InChI=1S/C21H16N4OS/c1-13-16(14(2)25(23-13)15-8-4-3-5-9-15)12-19-20(26)24-18-11-7-6-10-17(18)22-21(24)27-19/h3-12H,1-2H3/b19-12-. The van der Waals surface area contributed by atoms with Crippen LogP contribution in [-0.4, -0.2) is 19.2 Å². The topological polar surface area (TPSA) is 52.2 Å². The fraction of sp³-hybridized carbons (Fsp3) is 0.0952. The van der Waals surface area contributed by atoms with Gasteiger partial charge in [0.1, 0.15) is 0 Å². The largest absolute Gasteiger partial charge is 0.274 e. The van der Waals surface area contributed by atoms with Crippen molar-refractivity contribution in [3.63, 3.8) is 0 Å². The van der Waals surface area contributed by atoms with Crippen molar-refractivity contribution in [1.29, 1.82) is 0 Å². The number of para-hydroxylation sites is 3. The van der Waals surface area contributed by atoms with Gasteiger partial charge in [-0.3, -0.25) is 4.79 Å². The molecular weight excluding hydrogens is 356 g/mol. The normalized spacial score (nSPS) is 12.4. The molecular formula is C21H16N4OS. The zero-order valence-electron chi connectivity index (χ0n) is 14.9. The Labute approximate surface area is 158 Å². The summed E-state index contributed by atoms with van der Waals surface area (Å²) in [5.41, 5.74) is 5.55. The van der Waals surface area contributed by atoms with E-state index >= 15 is 0 Å². The molecule has 0 fully saturated rings.